The number of Topliss-reactive ketones (excluding diaryl/α,β-unsaturated/α-hetero) is 5. The fraction of sp³-hybridized carbons (Fsp3) is 0.625. The van der Waals surface area contributed by atoms with Gasteiger partial charge >= 0.3 is 5.97 Å². The number of ether oxygens (including phenoxy) is 1. The highest BCUT2D eigenvalue weighted by molar-refractivity contribution is 6.45. The third kappa shape index (κ3) is 3.72. The molecule has 0 bridgehead atoms. The molecule has 0 unspecified atom stereocenters. The van der Waals surface area contributed by atoms with Crippen LogP contribution in [0.2, 0.25) is 0 Å². The van der Waals surface area contributed by atoms with Crippen molar-refractivity contribution in [2.45, 2.75) is 57.5 Å². The lowest BCUT2D eigenvalue weighted by molar-refractivity contribution is -0.247. The summed E-state index contributed by atoms with van der Waals surface area (Å²) in [5, 5.41) is 42.4. The van der Waals surface area contributed by atoms with Gasteiger partial charge in [0.05, 0.1) is 0 Å². The van der Waals surface area contributed by atoms with E-state index in [0.29, 0.717) is 27.7 Å². The monoisotopic (exact) mass is 390 g/mol. The normalized spacial score (nSPS) is 18.9. The maximum atomic E-state index is 12.2. The summed E-state index contributed by atoms with van der Waals surface area (Å²) < 4.78 is 4.41. The van der Waals surface area contributed by atoms with E-state index < -0.39 is 64.4 Å². The highest BCUT2D eigenvalue weighted by Gasteiger charge is 2.74. The van der Waals surface area contributed by atoms with Gasteiger partial charge in [-0.3, -0.25) is 28.8 Å². The molecule has 4 N–H and O–H groups in total. The molecule has 0 aromatic heterocycles. The van der Waals surface area contributed by atoms with E-state index in [9.17, 15) is 49.2 Å². The third-order valence-corrected chi connectivity index (χ3v) is 4.21. The molecule has 4 atom stereocenters. The van der Waals surface area contributed by atoms with Gasteiger partial charge in [0.15, 0.2) is 28.7 Å². The lowest BCUT2D eigenvalue weighted by Gasteiger charge is -2.48. The zero-order valence-corrected chi connectivity index (χ0v) is 15.4. The predicted molar refractivity (Wildman–Crippen MR) is 85.2 cm³/mol. The Labute approximate surface area is 153 Å². The minimum absolute atomic E-state index is 0.508. The molecule has 0 amide bonds. The molecular weight excluding hydrogens is 368 g/mol. The van der Waals surface area contributed by atoms with Crippen LogP contribution in [0.1, 0.15) is 34.6 Å². The van der Waals surface area contributed by atoms with Crippen molar-refractivity contribution >= 4 is 34.9 Å². The number of aliphatic hydroxyl groups excluding tert-OH is 1. The average Bonchev–Trinajstić information content (AvgIpc) is 2.55. The van der Waals surface area contributed by atoms with Gasteiger partial charge in [-0.05, 0) is 20.8 Å². The molecule has 0 radical (unpaired) electrons. The quantitative estimate of drug-likeness (QED) is 0.169. The van der Waals surface area contributed by atoms with Crippen LogP contribution in [-0.2, 0) is 33.5 Å². The topological polar surface area (TPSA) is 193 Å². The molecule has 0 aromatic carbocycles. The smallest absolute Gasteiger partial charge is 0.302 e. The van der Waals surface area contributed by atoms with Gasteiger partial charge in [-0.2, -0.15) is 0 Å². The average molecular weight is 390 g/mol. The number of aliphatic hydroxyl groups is 4. The Balaban J connectivity index is 6.97. The van der Waals surface area contributed by atoms with Crippen LogP contribution in [0.5, 0.6) is 0 Å². The van der Waals surface area contributed by atoms with Crippen LogP contribution in [0.4, 0.5) is 0 Å². The highest BCUT2D eigenvalue weighted by Crippen LogP contribution is 2.39. The van der Waals surface area contributed by atoms with Crippen molar-refractivity contribution in [3.8, 4) is 0 Å². The van der Waals surface area contributed by atoms with Gasteiger partial charge in [0.1, 0.15) is 12.7 Å². The van der Waals surface area contributed by atoms with Crippen molar-refractivity contribution in [1.29, 1.82) is 0 Å². The van der Waals surface area contributed by atoms with Crippen LogP contribution in [0, 0.1) is 0 Å². The van der Waals surface area contributed by atoms with Gasteiger partial charge < -0.3 is 25.2 Å². The Morgan fingerprint density at radius 2 is 1.26 bits per heavy atom. The Bertz CT molecular complexity index is 696. The van der Waals surface area contributed by atoms with Crippen molar-refractivity contribution < 1.29 is 53.9 Å². The lowest BCUT2D eigenvalue weighted by Crippen LogP contribution is -2.81. The first-order valence-electron chi connectivity index (χ1n) is 7.59. The van der Waals surface area contributed by atoms with Crippen molar-refractivity contribution in [2.75, 3.05) is 6.61 Å². The molecule has 0 aromatic rings. The fourth-order valence-electron chi connectivity index (χ4n) is 2.68. The van der Waals surface area contributed by atoms with Gasteiger partial charge in [0.2, 0.25) is 17.0 Å². The minimum Gasteiger partial charge on any atom is -0.463 e. The minimum atomic E-state index is -3.97. The first-order chi connectivity index (χ1) is 12.0. The predicted octanol–water partition coefficient (Wildman–Crippen LogP) is -2.97. The summed E-state index contributed by atoms with van der Waals surface area (Å²) in [5.74, 6) is -9.35. The first kappa shape index (κ1) is 24.7. The lowest BCUT2D eigenvalue weighted by atomic mass is 9.61. The van der Waals surface area contributed by atoms with Crippen molar-refractivity contribution in [2.24, 2.45) is 0 Å². The van der Waals surface area contributed by atoms with Crippen LogP contribution in [-0.4, -0.2) is 84.8 Å². The maximum Gasteiger partial charge on any atom is 0.302 e. The highest BCUT2D eigenvalue weighted by atomic mass is 16.5. The van der Waals surface area contributed by atoms with E-state index in [2.05, 4.69) is 4.74 Å². The standard InChI is InChI=1S/C16H22O11/c1-7(17)13(23)15(25,9(3)19)16(26,10(4)20)14(24,8(2)18)12(22)6-27-11(5)21/h12,22,24-26H,6H2,1-5H3/t12-,14-,15-,16+/m1/s1. The summed E-state index contributed by atoms with van der Waals surface area (Å²) in [6.07, 6.45) is -2.56. The third-order valence-electron chi connectivity index (χ3n) is 4.21. The van der Waals surface area contributed by atoms with Crippen molar-refractivity contribution in [1.82, 2.24) is 0 Å². The van der Waals surface area contributed by atoms with Gasteiger partial charge in [-0.25, -0.2) is 0 Å². The Hall–Kier alpha value is -2.34. The molecule has 0 saturated carbocycles. The van der Waals surface area contributed by atoms with Gasteiger partial charge in [-0.1, -0.05) is 0 Å². The number of rotatable bonds is 10. The number of ketones is 5. The van der Waals surface area contributed by atoms with E-state index >= 15 is 0 Å². The molecule has 0 aliphatic carbocycles. The zero-order chi connectivity index (χ0) is 22.0. The second-order valence-electron chi connectivity index (χ2n) is 6.06. The van der Waals surface area contributed by atoms with Gasteiger partial charge in [-0.15, -0.1) is 0 Å². The van der Waals surface area contributed by atoms with Crippen molar-refractivity contribution in [3.63, 3.8) is 0 Å². The Morgan fingerprint density at radius 1 is 0.815 bits per heavy atom. The maximum absolute atomic E-state index is 12.2. The van der Waals surface area contributed by atoms with Crippen LogP contribution >= 0.6 is 0 Å². The fourth-order valence-corrected chi connectivity index (χ4v) is 2.68. The summed E-state index contributed by atoms with van der Waals surface area (Å²) in [7, 11) is 0. The number of carbonyl (C=O) groups excluding carboxylic acids is 6. The molecule has 0 fully saturated rings. The largest absolute Gasteiger partial charge is 0.463 e. The van der Waals surface area contributed by atoms with Crippen LogP contribution in [0.3, 0.4) is 0 Å². The summed E-state index contributed by atoms with van der Waals surface area (Å²) in [6, 6.07) is 0. The van der Waals surface area contributed by atoms with Crippen LogP contribution < -0.4 is 0 Å². The summed E-state index contributed by atoms with van der Waals surface area (Å²) in [4.78, 5) is 70.8. The van der Waals surface area contributed by atoms with Gasteiger partial charge in [0.25, 0.3) is 0 Å². The van der Waals surface area contributed by atoms with Crippen LogP contribution in [0.15, 0.2) is 0 Å². The van der Waals surface area contributed by atoms with E-state index in [4.69, 9.17) is 0 Å². The van der Waals surface area contributed by atoms with E-state index in [1.807, 2.05) is 0 Å². The van der Waals surface area contributed by atoms with E-state index in [1.54, 1.807) is 0 Å². The van der Waals surface area contributed by atoms with Crippen molar-refractivity contribution in [3.05, 3.63) is 0 Å². The molecule has 0 rings (SSSR count). The molecule has 11 heteroatoms. The molecule has 27 heavy (non-hydrogen) atoms. The zero-order valence-electron chi connectivity index (χ0n) is 15.4. The number of carbonyl (C=O) groups is 6. The number of hydrogen-bond acceptors (Lipinski definition) is 11. The Morgan fingerprint density at radius 3 is 1.52 bits per heavy atom. The molecule has 0 spiro atoms. The first-order valence-corrected chi connectivity index (χ1v) is 7.59. The van der Waals surface area contributed by atoms with Gasteiger partial charge in [0, 0.05) is 13.8 Å². The molecule has 0 saturated heterocycles. The number of esters is 1. The number of hydrogen-bond donors (Lipinski definition) is 4. The SMILES string of the molecule is CC(=O)OC[C@@H](O)[C@](O)(C(C)=O)[C@@](O)(C(C)=O)[C@@](O)(C(C)=O)C(=O)C(C)=O. The molecule has 11 nitrogen and oxygen atoms in total. The molecule has 0 heterocycles. The summed E-state index contributed by atoms with van der Waals surface area (Å²) in [5.41, 5.74) is -11.6. The van der Waals surface area contributed by atoms with Crippen LogP contribution in [0.25, 0.3) is 0 Å². The van der Waals surface area contributed by atoms with E-state index in [1.165, 1.54) is 0 Å². The second kappa shape index (κ2) is 8.13. The molecule has 0 aliphatic rings. The molecular formula is C16H22O11. The Kier molecular flexibility index (Phi) is 7.42. The van der Waals surface area contributed by atoms with E-state index in [-0.39, 0.29) is 0 Å². The molecule has 0 aliphatic heterocycles. The molecule has 152 valence electrons. The summed E-state index contributed by atoms with van der Waals surface area (Å²) in [6.45, 7) is 1.97. The summed E-state index contributed by atoms with van der Waals surface area (Å²) >= 11 is 0. The van der Waals surface area contributed by atoms with E-state index in [0.717, 1.165) is 6.92 Å². The second-order valence-corrected chi connectivity index (χ2v) is 6.06.